The van der Waals surface area contributed by atoms with Gasteiger partial charge in [0, 0.05) is 32.8 Å². The number of benzene rings is 1. The summed E-state index contributed by atoms with van der Waals surface area (Å²) in [5, 5.41) is 0. The third-order valence-corrected chi connectivity index (χ3v) is 9.52. The molecule has 1 aromatic rings. The Morgan fingerprint density at radius 3 is 1.28 bits per heavy atom. The van der Waals surface area contributed by atoms with E-state index in [4.69, 9.17) is 9.47 Å². The van der Waals surface area contributed by atoms with Crippen LogP contribution in [0, 0.1) is 0 Å². The van der Waals surface area contributed by atoms with Crippen molar-refractivity contribution in [1.29, 1.82) is 0 Å². The number of rotatable bonds is 32. The molecule has 0 spiro atoms. The number of allylic oxidation sites excluding steroid dienone is 4. The first-order valence-electron chi connectivity index (χ1n) is 20.1. The van der Waals surface area contributed by atoms with E-state index in [1.807, 2.05) is 0 Å². The van der Waals surface area contributed by atoms with Crippen LogP contribution >= 0.6 is 0 Å². The molecule has 0 amide bonds. The van der Waals surface area contributed by atoms with E-state index < -0.39 is 0 Å². The van der Waals surface area contributed by atoms with Crippen LogP contribution in [0.25, 0.3) is 0 Å². The van der Waals surface area contributed by atoms with Crippen LogP contribution in [0.1, 0.15) is 174 Å². The second-order valence-electron chi connectivity index (χ2n) is 14.0. The smallest absolute Gasteiger partial charge is 0.0975 e. The molecule has 0 aromatic heterocycles. The van der Waals surface area contributed by atoms with Crippen molar-refractivity contribution in [1.82, 2.24) is 4.90 Å². The number of unbranched alkanes of at least 4 members (excludes halogenated alkanes) is 20. The van der Waals surface area contributed by atoms with Gasteiger partial charge < -0.3 is 9.47 Å². The first-order valence-corrected chi connectivity index (χ1v) is 20.1. The van der Waals surface area contributed by atoms with Gasteiger partial charge in [-0.2, -0.15) is 0 Å². The van der Waals surface area contributed by atoms with Gasteiger partial charge in [-0.15, -0.1) is 0 Å². The van der Waals surface area contributed by atoms with Crippen LogP contribution in [0.15, 0.2) is 54.6 Å². The zero-order chi connectivity index (χ0) is 32.6. The summed E-state index contributed by atoms with van der Waals surface area (Å²) in [5.41, 5.74) is 1.38. The Labute approximate surface area is 287 Å². The van der Waals surface area contributed by atoms with Crippen molar-refractivity contribution in [3.05, 3.63) is 60.2 Å². The third-order valence-electron chi connectivity index (χ3n) is 9.52. The van der Waals surface area contributed by atoms with Gasteiger partial charge in [0.25, 0.3) is 0 Å². The Morgan fingerprint density at radius 2 is 0.870 bits per heavy atom. The highest BCUT2D eigenvalue weighted by Gasteiger charge is 2.34. The van der Waals surface area contributed by atoms with Gasteiger partial charge in [0.2, 0.25) is 0 Å². The Bertz CT molecular complexity index is 773. The maximum atomic E-state index is 6.48. The number of nitrogens with zero attached hydrogens (tertiary/aromatic N) is 1. The van der Waals surface area contributed by atoms with Gasteiger partial charge >= 0.3 is 0 Å². The van der Waals surface area contributed by atoms with Gasteiger partial charge in [-0.05, 0) is 69.8 Å². The van der Waals surface area contributed by atoms with E-state index in [1.165, 1.54) is 160 Å². The van der Waals surface area contributed by atoms with Gasteiger partial charge in [0.05, 0.1) is 12.2 Å². The Morgan fingerprint density at radius 1 is 0.500 bits per heavy atom. The fourth-order valence-corrected chi connectivity index (χ4v) is 6.57. The van der Waals surface area contributed by atoms with Crippen LogP contribution in [-0.2, 0) is 16.0 Å². The fourth-order valence-electron chi connectivity index (χ4n) is 6.57. The lowest BCUT2D eigenvalue weighted by molar-refractivity contribution is -0.0481. The van der Waals surface area contributed by atoms with E-state index >= 15 is 0 Å². The van der Waals surface area contributed by atoms with Gasteiger partial charge in [-0.3, -0.25) is 4.90 Å². The first kappa shape index (κ1) is 40.8. The summed E-state index contributed by atoms with van der Waals surface area (Å²) in [6.45, 7) is 9.27. The van der Waals surface area contributed by atoms with E-state index in [9.17, 15) is 0 Å². The first-order chi connectivity index (χ1) is 22.8. The third kappa shape index (κ3) is 23.0. The standard InChI is InChI=1S/C43H75NO2/c1-3-5-7-9-11-13-15-17-19-21-23-25-27-32-36-45-42-39-44(38-41-34-30-29-31-35-41)40-43(42)46-37-33-28-26-24-22-20-18-16-14-12-10-8-6-4-2/h13-16,29-31,34-35,42-43H,3-12,17-28,32-33,36-40H2,1-2H3/b15-13-,16-14-/t42-,43-/m1/s1. The van der Waals surface area contributed by atoms with E-state index in [0.29, 0.717) is 0 Å². The molecule has 0 aliphatic carbocycles. The second kappa shape index (κ2) is 30.9. The highest BCUT2D eigenvalue weighted by Crippen LogP contribution is 2.21. The van der Waals surface area contributed by atoms with Crippen molar-refractivity contribution in [2.75, 3.05) is 26.3 Å². The lowest BCUT2D eigenvalue weighted by Gasteiger charge is -2.20. The lowest BCUT2D eigenvalue weighted by atomic mass is 10.1. The minimum atomic E-state index is 0.206. The molecule has 3 nitrogen and oxygen atoms in total. The number of hydrogen-bond acceptors (Lipinski definition) is 3. The fraction of sp³-hybridized carbons (Fsp3) is 0.767. The molecule has 1 saturated heterocycles. The molecule has 3 heteroatoms. The monoisotopic (exact) mass is 638 g/mol. The zero-order valence-electron chi connectivity index (χ0n) is 30.6. The van der Waals surface area contributed by atoms with Crippen LogP contribution in [0.4, 0.5) is 0 Å². The summed E-state index contributed by atoms with van der Waals surface area (Å²) in [7, 11) is 0. The summed E-state index contributed by atoms with van der Waals surface area (Å²) in [5.74, 6) is 0. The van der Waals surface area contributed by atoms with Crippen molar-refractivity contribution in [2.24, 2.45) is 0 Å². The van der Waals surface area contributed by atoms with Gasteiger partial charge in [-0.25, -0.2) is 0 Å². The average molecular weight is 638 g/mol. The Kier molecular flexibility index (Phi) is 27.4. The topological polar surface area (TPSA) is 21.7 Å². The summed E-state index contributed by atoms with van der Waals surface area (Å²) in [4.78, 5) is 2.53. The molecule has 0 unspecified atom stereocenters. The van der Waals surface area contributed by atoms with Gasteiger partial charge in [0.1, 0.15) is 0 Å². The number of hydrogen-bond donors (Lipinski definition) is 0. The van der Waals surface area contributed by atoms with Crippen molar-refractivity contribution in [3.8, 4) is 0 Å². The van der Waals surface area contributed by atoms with E-state index in [2.05, 4.69) is 73.4 Å². The highest BCUT2D eigenvalue weighted by atomic mass is 16.5. The average Bonchev–Trinajstić information content (AvgIpc) is 3.45. The molecule has 1 heterocycles. The SMILES string of the molecule is CCCCCC/C=C\CCCCCCCCO[C@@H]1CN(Cc2ccccc2)C[C@H]1OCCCCCCCC/C=C\CCCCCC. The van der Waals surface area contributed by atoms with Crippen LogP contribution < -0.4 is 0 Å². The highest BCUT2D eigenvalue weighted by molar-refractivity contribution is 5.14. The minimum absolute atomic E-state index is 0.206. The molecule has 0 saturated carbocycles. The lowest BCUT2D eigenvalue weighted by Crippen LogP contribution is -2.30. The second-order valence-corrected chi connectivity index (χ2v) is 14.0. The molecule has 1 aliphatic heterocycles. The van der Waals surface area contributed by atoms with E-state index in [0.717, 1.165) is 32.8 Å². The maximum Gasteiger partial charge on any atom is 0.0975 e. The quantitative estimate of drug-likeness (QED) is 0.0579. The molecule has 264 valence electrons. The molecule has 46 heavy (non-hydrogen) atoms. The molecule has 1 aromatic carbocycles. The van der Waals surface area contributed by atoms with Crippen molar-refractivity contribution in [2.45, 2.75) is 187 Å². The molecular formula is C43H75NO2. The molecule has 2 atom stereocenters. The molecular weight excluding hydrogens is 562 g/mol. The summed E-state index contributed by atoms with van der Waals surface area (Å²) >= 11 is 0. The number of ether oxygens (including phenoxy) is 2. The van der Waals surface area contributed by atoms with E-state index in [-0.39, 0.29) is 12.2 Å². The molecule has 0 bridgehead atoms. The van der Waals surface area contributed by atoms with Crippen LogP contribution in [0.3, 0.4) is 0 Å². The summed E-state index contributed by atoms with van der Waals surface area (Å²) in [6, 6.07) is 10.9. The van der Waals surface area contributed by atoms with Crippen molar-refractivity contribution >= 4 is 0 Å². The summed E-state index contributed by atoms with van der Waals surface area (Å²) in [6.07, 6.45) is 41.8. The van der Waals surface area contributed by atoms with Crippen molar-refractivity contribution < 1.29 is 9.47 Å². The zero-order valence-corrected chi connectivity index (χ0v) is 30.6. The molecule has 1 fully saturated rings. The normalized spacial score (nSPS) is 17.3. The predicted molar refractivity (Wildman–Crippen MR) is 202 cm³/mol. The predicted octanol–water partition coefficient (Wildman–Crippen LogP) is 12.8. The van der Waals surface area contributed by atoms with Crippen LogP contribution in [0.5, 0.6) is 0 Å². The largest absolute Gasteiger partial charge is 0.374 e. The van der Waals surface area contributed by atoms with Crippen molar-refractivity contribution in [3.63, 3.8) is 0 Å². The maximum absolute atomic E-state index is 6.48. The molecule has 2 rings (SSSR count). The van der Waals surface area contributed by atoms with Gasteiger partial charge in [-0.1, -0.05) is 158 Å². The number of likely N-dealkylation sites (tertiary alicyclic amines) is 1. The van der Waals surface area contributed by atoms with Crippen LogP contribution in [0.2, 0.25) is 0 Å². The summed E-state index contributed by atoms with van der Waals surface area (Å²) < 4.78 is 13.0. The van der Waals surface area contributed by atoms with Crippen LogP contribution in [-0.4, -0.2) is 43.4 Å². The molecule has 0 N–H and O–H groups in total. The molecule has 1 aliphatic rings. The molecule has 0 radical (unpaired) electrons. The van der Waals surface area contributed by atoms with Gasteiger partial charge in [0.15, 0.2) is 0 Å². The Hall–Kier alpha value is -1.42. The van der Waals surface area contributed by atoms with E-state index in [1.54, 1.807) is 0 Å². The Balaban J connectivity index is 1.52. The minimum Gasteiger partial charge on any atom is -0.374 e.